The van der Waals surface area contributed by atoms with Crippen LogP contribution in [0.5, 0.6) is 5.75 Å². The molecule has 0 heterocycles. The van der Waals surface area contributed by atoms with E-state index in [4.69, 9.17) is 4.74 Å². The van der Waals surface area contributed by atoms with E-state index in [0.717, 1.165) is 5.56 Å². The minimum atomic E-state index is -0.189. The molecular weight excluding hydrogens is 192 g/mol. The molecule has 0 aliphatic heterocycles. The van der Waals surface area contributed by atoms with Crippen LogP contribution in [0.4, 0.5) is 0 Å². The van der Waals surface area contributed by atoms with E-state index in [0.29, 0.717) is 13.0 Å². The summed E-state index contributed by atoms with van der Waals surface area (Å²) >= 11 is 0. The van der Waals surface area contributed by atoms with E-state index >= 15 is 0 Å². The molecule has 0 aliphatic carbocycles. The minimum Gasteiger partial charge on any atom is -0.508 e. The molecule has 0 saturated carbocycles. The second-order valence-electron chi connectivity index (χ2n) is 3.52. The number of hydrogen-bond acceptors (Lipinski definition) is 3. The van der Waals surface area contributed by atoms with Gasteiger partial charge in [0, 0.05) is 12.0 Å². The van der Waals surface area contributed by atoms with Crippen molar-refractivity contribution in [3.63, 3.8) is 0 Å². The van der Waals surface area contributed by atoms with Gasteiger partial charge in [-0.05, 0) is 19.9 Å². The Bertz CT molecular complexity index is 333. The Kier molecular flexibility index (Phi) is 4.31. The molecule has 3 heteroatoms. The molecule has 0 bridgehead atoms. The zero-order valence-corrected chi connectivity index (χ0v) is 9.06. The number of Topliss-reactive ketones (excluding diaryl/α,β-unsaturated/α-hetero) is 1. The van der Waals surface area contributed by atoms with Crippen molar-refractivity contribution in [2.75, 3.05) is 6.61 Å². The number of phenols is 1. The summed E-state index contributed by atoms with van der Waals surface area (Å²) in [6.45, 7) is 3.79. The lowest BCUT2D eigenvalue weighted by Gasteiger charge is -2.13. The first kappa shape index (κ1) is 11.7. The van der Waals surface area contributed by atoms with Gasteiger partial charge in [-0.2, -0.15) is 0 Å². The summed E-state index contributed by atoms with van der Waals surface area (Å²) in [7, 11) is 0. The normalized spacial score (nSPS) is 12.4. The van der Waals surface area contributed by atoms with Crippen molar-refractivity contribution in [2.24, 2.45) is 0 Å². The second-order valence-corrected chi connectivity index (χ2v) is 3.52. The average molecular weight is 208 g/mol. The van der Waals surface area contributed by atoms with Gasteiger partial charge in [-0.15, -0.1) is 0 Å². The fourth-order valence-corrected chi connectivity index (χ4v) is 1.30. The number of rotatable bonds is 5. The molecule has 15 heavy (non-hydrogen) atoms. The number of phenolic OH excluding ortho intramolecular Hbond substituents is 1. The highest BCUT2D eigenvalue weighted by Crippen LogP contribution is 2.25. The second kappa shape index (κ2) is 5.51. The monoisotopic (exact) mass is 208 g/mol. The van der Waals surface area contributed by atoms with Gasteiger partial charge in [0.2, 0.25) is 0 Å². The zero-order chi connectivity index (χ0) is 11.3. The number of carbonyl (C=O) groups is 1. The molecule has 3 nitrogen and oxygen atoms in total. The molecule has 0 radical (unpaired) electrons. The van der Waals surface area contributed by atoms with Gasteiger partial charge in [0.1, 0.15) is 11.5 Å². The van der Waals surface area contributed by atoms with Crippen LogP contribution in [0.15, 0.2) is 24.3 Å². The van der Waals surface area contributed by atoms with Crippen molar-refractivity contribution < 1.29 is 14.6 Å². The summed E-state index contributed by atoms with van der Waals surface area (Å²) in [6.07, 6.45) is 0.225. The molecule has 1 unspecified atom stereocenters. The van der Waals surface area contributed by atoms with E-state index < -0.39 is 0 Å². The lowest BCUT2D eigenvalue weighted by Crippen LogP contribution is -2.04. The highest BCUT2D eigenvalue weighted by atomic mass is 16.5. The lowest BCUT2D eigenvalue weighted by atomic mass is 10.1. The summed E-state index contributed by atoms with van der Waals surface area (Å²) < 4.78 is 5.44. The highest BCUT2D eigenvalue weighted by Gasteiger charge is 2.09. The number of ketones is 1. The average Bonchev–Trinajstić information content (AvgIpc) is 2.17. The molecule has 0 fully saturated rings. The van der Waals surface area contributed by atoms with Gasteiger partial charge in [0.25, 0.3) is 0 Å². The van der Waals surface area contributed by atoms with Gasteiger partial charge in [-0.3, -0.25) is 4.79 Å². The molecule has 1 N–H and O–H groups in total. The minimum absolute atomic E-state index is 0.111. The number of hydrogen-bond donors (Lipinski definition) is 1. The topological polar surface area (TPSA) is 46.5 Å². The molecule has 1 aromatic rings. The van der Waals surface area contributed by atoms with Crippen LogP contribution in [0, 0.1) is 0 Å². The molecular formula is C12H16O3. The number of ether oxygens (including phenoxy) is 1. The number of benzene rings is 1. The van der Waals surface area contributed by atoms with Crippen molar-refractivity contribution in [3.05, 3.63) is 29.8 Å². The van der Waals surface area contributed by atoms with Gasteiger partial charge < -0.3 is 9.84 Å². The van der Waals surface area contributed by atoms with Gasteiger partial charge in [-0.1, -0.05) is 18.2 Å². The van der Waals surface area contributed by atoms with Crippen molar-refractivity contribution in [2.45, 2.75) is 26.4 Å². The molecule has 1 aromatic carbocycles. The van der Waals surface area contributed by atoms with Crippen LogP contribution in [0.3, 0.4) is 0 Å². The molecule has 1 atom stereocenters. The van der Waals surface area contributed by atoms with E-state index in [2.05, 4.69) is 0 Å². The van der Waals surface area contributed by atoms with Crippen molar-refractivity contribution >= 4 is 5.78 Å². The quantitative estimate of drug-likeness (QED) is 0.808. The standard InChI is InChI=1S/C12H16O3/c1-9(13)7-8-15-10(2)11-5-3-4-6-12(11)14/h3-6,10,14H,7-8H2,1-2H3. The molecule has 82 valence electrons. The summed E-state index contributed by atoms with van der Waals surface area (Å²) in [4.78, 5) is 10.7. The Morgan fingerprint density at radius 3 is 2.73 bits per heavy atom. The Morgan fingerprint density at radius 2 is 2.13 bits per heavy atom. The fraction of sp³-hybridized carbons (Fsp3) is 0.417. The number of carbonyl (C=O) groups excluding carboxylic acids is 1. The van der Waals surface area contributed by atoms with Crippen LogP contribution < -0.4 is 0 Å². The van der Waals surface area contributed by atoms with Gasteiger partial charge in [0.05, 0.1) is 12.7 Å². The van der Waals surface area contributed by atoms with Crippen LogP contribution in [0.1, 0.15) is 31.9 Å². The summed E-state index contributed by atoms with van der Waals surface area (Å²) in [6, 6.07) is 7.05. The van der Waals surface area contributed by atoms with E-state index in [-0.39, 0.29) is 17.6 Å². The zero-order valence-electron chi connectivity index (χ0n) is 9.06. The third-order valence-electron chi connectivity index (χ3n) is 2.20. The van der Waals surface area contributed by atoms with E-state index in [1.807, 2.05) is 19.1 Å². The first-order chi connectivity index (χ1) is 7.11. The molecule has 0 saturated heterocycles. The number of para-hydroxylation sites is 1. The first-order valence-corrected chi connectivity index (χ1v) is 5.00. The van der Waals surface area contributed by atoms with Crippen LogP contribution in [-0.2, 0) is 9.53 Å². The van der Waals surface area contributed by atoms with Crippen LogP contribution in [0.2, 0.25) is 0 Å². The third kappa shape index (κ3) is 3.72. The predicted molar refractivity (Wildman–Crippen MR) is 57.8 cm³/mol. The fourth-order valence-electron chi connectivity index (χ4n) is 1.30. The maximum atomic E-state index is 10.7. The summed E-state index contributed by atoms with van der Waals surface area (Å²) in [5.74, 6) is 0.340. The molecule has 1 rings (SSSR count). The van der Waals surface area contributed by atoms with E-state index in [9.17, 15) is 9.90 Å². The molecule has 0 amide bonds. The van der Waals surface area contributed by atoms with Gasteiger partial charge >= 0.3 is 0 Å². The lowest BCUT2D eigenvalue weighted by molar-refractivity contribution is -0.118. The van der Waals surface area contributed by atoms with Gasteiger partial charge in [-0.25, -0.2) is 0 Å². The molecule has 0 aliphatic rings. The van der Waals surface area contributed by atoms with Crippen molar-refractivity contribution in [3.8, 4) is 5.75 Å². The van der Waals surface area contributed by atoms with Crippen LogP contribution in [-0.4, -0.2) is 17.5 Å². The van der Waals surface area contributed by atoms with E-state index in [1.165, 1.54) is 6.92 Å². The molecule has 0 aromatic heterocycles. The van der Waals surface area contributed by atoms with Crippen molar-refractivity contribution in [1.82, 2.24) is 0 Å². The van der Waals surface area contributed by atoms with Crippen LogP contribution >= 0.6 is 0 Å². The smallest absolute Gasteiger partial charge is 0.132 e. The van der Waals surface area contributed by atoms with Crippen molar-refractivity contribution in [1.29, 1.82) is 0 Å². The Balaban J connectivity index is 2.50. The SMILES string of the molecule is CC(=O)CCOC(C)c1ccccc1O. The predicted octanol–water partition coefficient (Wildman–Crippen LogP) is 2.45. The Labute approximate surface area is 89.7 Å². The first-order valence-electron chi connectivity index (χ1n) is 5.00. The molecule has 0 spiro atoms. The maximum absolute atomic E-state index is 10.7. The largest absolute Gasteiger partial charge is 0.508 e. The van der Waals surface area contributed by atoms with Gasteiger partial charge in [0.15, 0.2) is 0 Å². The number of aromatic hydroxyl groups is 1. The van der Waals surface area contributed by atoms with E-state index in [1.54, 1.807) is 12.1 Å². The maximum Gasteiger partial charge on any atom is 0.132 e. The van der Waals surface area contributed by atoms with Crippen LogP contribution in [0.25, 0.3) is 0 Å². The third-order valence-corrected chi connectivity index (χ3v) is 2.20. The Hall–Kier alpha value is -1.35. The summed E-state index contributed by atoms with van der Waals surface area (Å²) in [5, 5.41) is 9.54. The Morgan fingerprint density at radius 1 is 1.47 bits per heavy atom. The highest BCUT2D eigenvalue weighted by molar-refractivity contribution is 5.75. The summed E-state index contributed by atoms with van der Waals surface area (Å²) in [5.41, 5.74) is 0.751.